The van der Waals surface area contributed by atoms with Crippen molar-refractivity contribution in [3.05, 3.63) is 42.0 Å². The van der Waals surface area contributed by atoms with Crippen molar-refractivity contribution >= 4 is 11.4 Å². The Bertz CT molecular complexity index is 290. The number of benzene rings is 1. The number of carbonyl (C=O) groups is 1. The number of fused-ring (bicyclic) bond motifs is 1. The van der Waals surface area contributed by atoms with Crippen LogP contribution in [-0.2, 0) is 0 Å². The van der Waals surface area contributed by atoms with Crippen molar-refractivity contribution in [1.82, 2.24) is 0 Å². The maximum absolute atomic E-state index is 11.0. The number of ketones is 1. The van der Waals surface area contributed by atoms with Gasteiger partial charge in [0.05, 0.1) is 0 Å². The van der Waals surface area contributed by atoms with Gasteiger partial charge >= 0.3 is 0 Å². The first-order valence-corrected chi connectivity index (χ1v) is 3.14. The molecular formula is C9H6O. The summed E-state index contributed by atoms with van der Waals surface area (Å²) in [7, 11) is 0. The molecule has 0 radical (unpaired) electrons. The third-order valence-electron chi connectivity index (χ3n) is 1.77. The van der Waals surface area contributed by atoms with Crippen LogP contribution in [0.3, 0.4) is 0 Å². The van der Waals surface area contributed by atoms with Crippen LogP contribution in [0.1, 0.15) is 15.9 Å². The van der Waals surface area contributed by atoms with Crippen molar-refractivity contribution < 1.29 is 4.79 Å². The third kappa shape index (κ3) is 0.449. The van der Waals surface area contributed by atoms with Crippen molar-refractivity contribution in [2.45, 2.75) is 0 Å². The highest BCUT2D eigenvalue weighted by Crippen LogP contribution is 2.31. The molecule has 0 atom stereocenters. The van der Waals surface area contributed by atoms with Crippen LogP contribution in [0.5, 0.6) is 0 Å². The fourth-order valence-corrected chi connectivity index (χ4v) is 1.17. The average Bonchev–Trinajstić information content (AvgIpc) is 2.03. The van der Waals surface area contributed by atoms with E-state index in [0.717, 1.165) is 11.1 Å². The maximum atomic E-state index is 11.0. The van der Waals surface area contributed by atoms with Gasteiger partial charge in [-0.3, -0.25) is 4.79 Å². The Morgan fingerprint density at radius 3 is 2.30 bits per heavy atom. The first-order chi connectivity index (χ1) is 4.80. The molecule has 1 nitrogen and oxygen atoms in total. The fraction of sp³-hybridized carbons (Fsp3) is 0. The Kier molecular flexibility index (Phi) is 0.849. The number of hydrogen-bond acceptors (Lipinski definition) is 1. The van der Waals surface area contributed by atoms with E-state index in [2.05, 4.69) is 6.58 Å². The monoisotopic (exact) mass is 130 g/mol. The van der Waals surface area contributed by atoms with Crippen molar-refractivity contribution in [2.75, 3.05) is 0 Å². The van der Waals surface area contributed by atoms with Crippen LogP contribution in [0.25, 0.3) is 5.57 Å². The van der Waals surface area contributed by atoms with Gasteiger partial charge in [0.25, 0.3) is 0 Å². The predicted octanol–water partition coefficient (Wildman–Crippen LogP) is 1.90. The number of hydrogen-bond donors (Lipinski definition) is 0. The molecule has 0 heterocycles. The highest BCUT2D eigenvalue weighted by molar-refractivity contribution is 6.38. The second-order valence-electron chi connectivity index (χ2n) is 2.35. The van der Waals surface area contributed by atoms with Gasteiger partial charge in [0, 0.05) is 11.1 Å². The van der Waals surface area contributed by atoms with Crippen LogP contribution in [0, 0.1) is 0 Å². The molecule has 1 aliphatic rings. The zero-order valence-corrected chi connectivity index (χ0v) is 5.42. The largest absolute Gasteiger partial charge is 0.289 e. The van der Waals surface area contributed by atoms with Crippen LogP contribution >= 0.6 is 0 Å². The highest BCUT2D eigenvalue weighted by Gasteiger charge is 2.26. The Hall–Kier alpha value is -1.37. The lowest BCUT2D eigenvalue weighted by atomic mass is 9.83. The summed E-state index contributed by atoms with van der Waals surface area (Å²) in [6.45, 7) is 3.63. The molecule has 1 heteroatoms. The second-order valence-corrected chi connectivity index (χ2v) is 2.35. The lowest BCUT2D eigenvalue weighted by Gasteiger charge is -2.18. The molecule has 48 valence electrons. The van der Waals surface area contributed by atoms with Gasteiger partial charge in [-0.2, -0.15) is 0 Å². The van der Waals surface area contributed by atoms with E-state index in [4.69, 9.17) is 0 Å². The van der Waals surface area contributed by atoms with Crippen LogP contribution in [-0.4, -0.2) is 5.78 Å². The van der Waals surface area contributed by atoms with Crippen LogP contribution in [0.4, 0.5) is 0 Å². The summed E-state index contributed by atoms with van der Waals surface area (Å²) in [5.74, 6) is 0.0931. The zero-order chi connectivity index (χ0) is 7.14. The molecule has 0 saturated heterocycles. The minimum absolute atomic E-state index is 0.0931. The minimum Gasteiger partial charge on any atom is -0.289 e. The fourth-order valence-electron chi connectivity index (χ4n) is 1.17. The highest BCUT2D eigenvalue weighted by atomic mass is 16.1. The number of Topliss-reactive ketones (excluding diaryl/α,β-unsaturated/α-hetero) is 1. The minimum atomic E-state index is 0.0931. The van der Waals surface area contributed by atoms with Gasteiger partial charge in [-0.1, -0.05) is 30.8 Å². The lowest BCUT2D eigenvalue weighted by Crippen LogP contribution is -2.15. The summed E-state index contributed by atoms with van der Waals surface area (Å²) in [5, 5.41) is 0. The van der Waals surface area contributed by atoms with Gasteiger partial charge in [0.1, 0.15) is 0 Å². The van der Waals surface area contributed by atoms with E-state index in [1.807, 2.05) is 24.3 Å². The molecule has 0 bridgehead atoms. The first kappa shape index (κ1) is 5.42. The standard InChI is InChI=1S/C9H6O/c1-6-7-4-2-3-5-8(7)9(6)10/h2-5H,1H2. The van der Waals surface area contributed by atoms with Gasteiger partial charge in [0.15, 0.2) is 5.78 Å². The summed E-state index contributed by atoms with van der Waals surface area (Å²) in [4.78, 5) is 11.0. The number of allylic oxidation sites excluding steroid dienone is 1. The van der Waals surface area contributed by atoms with E-state index in [-0.39, 0.29) is 5.78 Å². The molecule has 0 aliphatic heterocycles. The average molecular weight is 130 g/mol. The number of rotatable bonds is 0. The van der Waals surface area contributed by atoms with E-state index in [1.165, 1.54) is 0 Å². The molecule has 1 aliphatic carbocycles. The molecule has 0 amide bonds. The topological polar surface area (TPSA) is 17.1 Å². The molecule has 10 heavy (non-hydrogen) atoms. The molecule has 0 fully saturated rings. The van der Waals surface area contributed by atoms with Crippen LogP contribution in [0.15, 0.2) is 30.8 Å². The smallest absolute Gasteiger partial charge is 0.193 e. The molecule has 1 aromatic rings. The molecule has 0 unspecified atom stereocenters. The lowest BCUT2D eigenvalue weighted by molar-refractivity contribution is 0.104. The van der Waals surface area contributed by atoms with E-state index < -0.39 is 0 Å². The molecule has 2 rings (SSSR count). The summed E-state index contributed by atoms with van der Waals surface area (Å²) in [6.07, 6.45) is 0. The molecule has 1 aromatic carbocycles. The summed E-state index contributed by atoms with van der Waals surface area (Å²) in [5.41, 5.74) is 2.47. The van der Waals surface area contributed by atoms with Crippen LogP contribution < -0.4 is 0 Å². The predicted molar refractivity (Wildman–Crippen MR) is 39.8 cm³/mol. The Morgan fingerprint density at radius 2 is 1.70 bits per heavy atom. The Morgan fingerprint density at radius 1 is 1.10 bits per heavy atom. The molecule has 0 spiro atoms. The molecule has 0 aromatic heterocycles. The van der Waals surface area contributed by atoms with Crippen molar-refractivity contribution in [3.8, 4) is 0 Å². The van der Waals surface area contributed by atoms with Crippen molar-refractivity contribution in [1.29, 1.82) is 0 Å². The first-order valence-electron chi connectivity index (χ1n) is 3.14. The Balaban J connectivity index is 2.71. The quantitative estimate of drug-likeness (QED) is 0.490. The summed E-state index contributed by atoms with van der Waals surface area (Å²) >= 11 is 0. The van der Waals surface area contributed by atoms with E-state index >= 15 is 0 Å². The Labute approximate surface area is 59.0 Å². The van der Waals surface area contributed by atoms with Gasteiger partial charge < -0.3 is 0 Å². The van der Waals surface area contributed by atoms with Gasteiger partial charge in [-0.25, -0.2) is 0 Å². The van der Waals surface area contributed by atoms with Crippen LogP contribution in [0.2, 0.25) is 0 Å². The SMILES string of the molecule is C=C1C(=O)c2ccccc21. The van der Waals surface area contributed by atoms with E-state index in [1.54, 1.807) is 0 Å². The zero-order valence-electron chi connectivity index (χ0n) is 5.42. The molecule has 0 saturated carbocycles. The van der Waals surface area contributed by atoms with E-state index in [9.17, 15) is 4.79 Å². The molecular weight excluding hydrogens is 124 g/mol. The normalized spacial score (nSPS) is 14.4. The van der Waals surface area contributed by atoms with Gasteiger partial charge in [0.2, 0.25) is 0 Å². The number of carbonyl (C=O) groups excluding carboxylic acids is 1. The third-order valence-corrected chi connectivity index (χ3v) is 1.77. The van der Waals surface area contributed by atoms with Gasteiger partial charge in [-0.15, -0.1) is 0 Å². The maximum Gasteiger partial charge on any atom is 0.193 e. The van der Waals surface area contributed by atoms with Gasteiger partial charge in [-0.05, 0) is 5.56 Å². The summed E-state index contributed by atoms with van der Waals surface area (Å²) in [6, 6.07) is 7.52. The molecule has 0 N–H and O–H groups in total. The van der Waals surface area contributed by atoms with Crippen molar-refractivity contribution in [2.24, 2.45) is 0 Å². The summed E-state index contributed by atoms with van der Waals surface area (Å²) < 4.78 is 0. The van der Waals surface area contributed by atoms with Crippen molar-refractivity contribution in [3.63, 3.8) is 0 Å². The van der Waals surface area contributed by atoms with E-state index in [0.29, 0.717) is 5.57 Å². The second kappa shape index (κ2) is 1.57.